The Hall–Kier alpha value is -1.06. The van der Waals surface area contributed by atoms with Gasteiger partial charge in [-0.15, -0.1) is 24.0 Å². The third kappa shape index (κ3) is 7.79. The predicted molar refractivity (Wildman–Crippen MR) is 110 cm³/mol. The summed E-state index contributed by atoms with van der Waals surface area (Å²) in [6.07, 6.45) is 3.47. The lowest BCUT2D eigenvalue weighted by atomic mass is 9.86. The number of nitrogens with zero attached hydrogens (tertiary/aromatic N) is 1. The summed E-state index contributed by atoms with van der Waals surface area (Å²) in [4.78, 5) is 27.8. The van der Waals surface area contributed by atoms with Gasteiger partial charge in [0.2, 0.25) is 5.91 Å². The van der Waals surface area contributed by atoms with Gasteiger partial charge in [0, 0.05) is 26.7 Å². The van der Waals surface area contributed by atoms with Crippen molar-refractivity contribution >= 4 is 41.8 Å². The summed E-state index contributed by atoms with van der Waals surface area (Å²) < 4.78 is 5.09. The van der Waals surface area contributed by atoms with Gasteiger partial charge in [-0.2, -0.15) is 0 Å². The Balaban J connectivity index is 0.00000576. The second kappa shape index (κ2) is 11.5. The van der Waals surface area contributed by atoms with E-state index in [2.05, 4.69) is 20.9 Å². The molecule has 0 aromatic carbocycles. The van der Waals surface area contributed by atoms with Gasteiger partial charge in [0.25, 0.3) is 0 Å². The second-order valence-corrected chi connectivity index (χ2v) is 6.83. The Kier molecular flexibility index (Phi) is 11.0. The highest BCUT2D eigenvalue weighted by Gasteiger charge is 2.29. The van der Waals surface area contributed by atoms with Crippen LogP contribution in [0.1, 0.15) is 46.5 Å². The third-order valence-electron chi connectivity index (χ3n) is 4.45. The Bertz CT molecular complexity index is 461. The van der Waals surface area contributed by atoms with E-state index in [1.807, 2.05) is 20.8 Å². The molecule has 1 saturated carbocycles. The minimum atomic E-state index is -0.520. The third-order valence-corrected chi connectivity index (χ3v) is 4.45. The molecule has 0 radical (unpaired) electrons. The van der Waals surface area contributed by atoms with Crippen molar-refractivity contribution in [1.29, 1.82) is 0 Å². The molecule has 8 heteroatoms. The molecule has 146 valence electrons. The molecule has 1 rings (SSSR count). The van der Waals surface area contributed by atoms with E-state index in [4.69, 9.17) is 4.74 Å². The number of nitrogens with one attached hydrogen (secondary N) is 3. The first-order chi connectivity index (χ1) is 11.3. The van der Waals surface area contributed by atoms with Crippen molar-refractivity contribution < 1.29 is 14.3 Å². The fourth-order valence-corrected chi connectivity index (χ4v) is 2.84. The molecule has 0 atom stereocenters. The van der Waals surface area contributed by atoms with Gasteiger partial charge >= 0.3 is 5.97 Å². The Morgan fingerprint density at radius 2 is 1.80 bits per heavy atom. The fraction of sp³-hybridized carbons (Fsp3) is 0.824. The number of hydrogen-bond acceptors (Lipinski definition) is 4. The van der Waals surface area contributed by atoms with Crippen molar-refractivity contribution in [2.24, 2.45) is 16.3 Å². The van der Waals surface area contributed by atoms with Crippen molar-refractivity contribution in [1.82, 2.24) is 16.0 Å². The fourth-order valence-electron chi connectivity index (χ4n) is 2.84. The van der Waals surface area contributed by atoms with Gasteiger partial charge in [-0.05, 0) is 46.5 Å². The summed E-state index contributed by atoms with van der Waals surface area (Å²) in [6, 6.07) is 0.282. The molecule has 3 N–H and O–H groups in total. The maximum Gasteiger partial charge on any atom is 0.308 e. The van der Waals surface area contributed by atoms with Crippen molar-refractivity contribution in [3.05, 3.63) is 0 Å². The molecule has 0 saturated heterocycles. The average Bonchev–Trinajstić information content (AvgIpc) is 2.58. The summed E-state index contributed by atoms with van der Waals surface area (Å²) in [7, 11) is 3.35. The lowest BCUT2D eigenvalue weighted by molar-refractivity contribution is -0.149. The van der Waals surface area contributed by atoms with Crippen molar-refractivity contribution in [3.8, 4) is 0 Å². The number of halogens is 1. The molecule has 7 nitrogen and oxygen atoms in total. The van der Waals surface area contributed by atoms with Crippen LogP contribution in [-0.4, -0.2) is 51.1 Å². The largest absolute Gasteiger partial charge is 0.466 e. The normalized spacial score (nSPS) is 20.9. The zero-order valence-electron chi connectivity index (χ0n) is 16.0. The highest BCUT2D eigenvalue weighted by Crippen LogP contribution is 2.25. The van der Waals surface area contributed by atoms with Crippen LogP contribution in [0.4, 0.5) is 0 Å². The summed E-state index contributed by atoms with van der Waals surface area (Å²) in [5.41, 5.74) is -0.520. The zero-order valence-corrected chi connectivity index (χ0v) is 18.3. The summed E-state index contributed by atoms with van der Waals surface area (Å²) >= 11 is 0. The molecule has 0 heterocycles. The molecule has 0 spiro atoms. The first-order valence-electron chi connectivity index (χ1n) is 8.70. The van der Waals surface area contributed by atoms with Crippen LogP contribution in [0.3, 0.4) is 0 Å². The number of hydrogen-bond donors (Lipinski definition) is 3. The molecule has 0 aliphatic heterocycles. The highest BCUT2D eigenvalue weighted by atomic mass is 127. The van der Waals surface area contributed by atoms with E-state index in [-0.39, 0.29) is 47.8 Å². The Morgan fingerprint density at radius 3 is 2.28 bits per heavy atom. The molecule has 25 heavy (non-hydrogen) atoms. The molecule has 0 aromatic rings. The Labute approximate surface area is 168 Å². The van der Waals surface area contributed by atoms with E-state index in [1.54, 1.807) is 14.1 Å². The van der Waals surface area contributed by atoms with E-state index in [1.165, 1.54) is 0 Å². The number of rotatable bonds is 6. The van der Waals surface area contributed by atoms with Gasteiger partial charge in [-0.3, -0.25) is 14.6 Å². The van der Waals surface area contributed by atoms with Crippen LogP contribution in [0.5, 0.6) is 0 Å². The average molecular weight is 468 g/mol. The van der Waals surface area contributed by atoms with E-state index < -0.39 is 5.41 Å². The molecular weight excluding hydrogens is 435 g/mol. The van der Waals surface area contributed by atoms with Crippen LogP contribution >= 0.6 is 24.0 Å². The topological polar surface area (TPSA) is 91.8 Å². The molecule has 1 aliphatic carbocycles. The minimum Gasteiger partial charge on any atom is -0.466 e. The van der Waals surface area contributed by atoms with Crippen LogP contribution in [0, 0.1) is 11.3 Å². The van der Waals surface area contributed by atoms with Crippen LogP contribution in [0.25, 0.3) is 0 Å². The SMILES string of the molecule is CCOC(=O)C1CCC(NC(=NC)NCC(C)(C)C(=O)NC)CC1.I. The van der Waals surface area contributed by atoms with Gasteiger partial charge in [0.15, 0.2) is 5.96 Å². The van der Waals surface area contributed by atoms with Gasteiger partial charge in [0.05, 0.1) is 17.9 Å². The van der Waals surface area contributed by atoms with Crippen LogP contribution < -0.4 is 16.0 Å². The minimum absolute atomic E-state index is 0. The number of carbonyl (C=O) groups is 2. The van der Waals surface area contributed by atoms with E-state index in [9.17, 15) is 9.59 Å². The van der Waals surface area contributed by atoms with Crippen molar-refractivity contribution in [3.63, 3.8) is 0 Å². The van der Waals surface area contributed by atoms with Crippen molar-refractivity contribution in [2.75, 3.05) is 27.2 Å². The standard InChI is InChI=1S/C17H32N4O3.HI/c1-6-24-14(22)12-7-9-13(10-8-12)21-16(19-5)20-11-17(2,3)15(23)18-4;/h12-13H,6-11H2,1-5H3,(H,18,23)(H2,19,20,21);1H. The summed E-state index contributed by atoms with van der Waals surface area (Å²) in [5, 5.41) is 9.27. The van der Waals surface area contributed by atoms with Gasteiger partial charge in [-0.1, -0.05) is 0 Å². The number of aliphatic imine (C=N–C) groups is 1. The van der Waals surface area contributed by atoms with Crippen LogP contribution in [0.15, 0.2) is 4.99 Å². The maximum absolute atomic E-state index is 11.8. The highest BCUT2D eigenvalue weighted by molar-refractivity contribution is 14.0. The Morgan fingerprint density at radius 1 is 1.20 bits per heavy atom. The number of amides is 1. The predicted octanol–water partition coefficient (Wildman–Crippen LogP) is 1.66. The smallest absolute Gasteiger partial charge is 0.308 e. The van der Waals surface area contributed by atoms with Crippen LogP contribution in [-0.2, 0) is 14.3 Å². The lowest BCUT2D eigenvalue weighted by Crippen LogP contribution is -2.50. The number of carbonyl (C=O) groups excluding carboxylic acids is 2. The maximum atomic E-state index is 11.8. The van der Waals surface area contributed by atoms with Gasteiger partial charge in [-0.25, -0.2) is 0 Å². The summed E-state index contributed by atoms with van der Waals surface area (Å²) in [5.74, 6) is 0.614. The van der Waals surface area contributed by atoms with Crippen LogP contribution in [0.2, 0.25) is 0 Å². The molecule has 1 fully saturated rings. The van der Waals surface area contributed by atoms with E-state index >= 15 is 0 Å². The second-order valence-electron chi connectivity index (χ2n) is 6.83. The number of guanidine groups is 1. The first-order valence-corrected chi connectivity index (χ1v) is 8.70. The monoisotopic (exact) mass is 468 g/mol. The lowest BCUT2D eigenvalue weighted by Gasteiger charge is -2.30. The van der Waals surface area contributed by atoms with E-state index in [0.29, 0.717) is 19.1 Å². The molecule has 0 aromatic heterocycles. The first kappa shape index (κ1) is 23.9. The molecule has 0 bridgehead atoms. The quantitative estimate of drug-likeness (QED) is 0.239. The molecule has 0 unspecified atom stereocenters. The number of ether oxygens (including phenoxy) is 1. The molecule has 1 aliphatic rings. The van der Waals surface area contributed by atoms with Gasteiger partial charge < -0.3 is 20.7 Å². The van der Waals surface area contributed by atoms with Crippen molar-refractivity contribution in [2.45, 2.75) is 52.5 Å². The number of esters is 1. The van der Waals surface area contributed by atoms with E-state index in [0.717, 1.165) is 25.7 Å². The molecule has 1 amide bonds. The molecular formula is C17H33IN4O3. The zero-order chi connectivity index (χ0) is 18.2. The van der Waals surface area contributed by atoms with Gasteiger partial charge in [0.1, 0.15) is 0 Å². The summed E-state index contributed by atoms with van der Waals surface area (Å²) in [6.45, 7) is 6.54.